The van der Waals surface area contributed by atoms with Gasteiger partial charge in [0.2, 0.25) is 5.91 Å². The Bertz CT molecular complexity index is 436. The third-order valence-corrected chi connectivity index (χ3v) is 3.49. The van der Waals surface area contributed by atoms with Gasteiger partial charge in [0, 0.05) is 30.5 Å². The molecule has 1 saturated heterocycles. The number of carbonyl (C=O) groups is 1. The van der Waals surface area contributed by atoms with Crippen molar-refractivity contribution in [2.45, 2.75) is 18.9 Å². The molecule has 2 rings (SSSR count). The van der Waals surface area contributed by atoms with Crippen LogP contribution in [0.4, 0.5) is 11.4 Å². The van der Waals surface area contributed by atoms with Crippen LogP contribution in [0.15, 0.2) is 22.7 Å². The van der Waals surface area contributed by atoms with Crippen LogP contribution in [-0.2, 0) is 4.79 Å². The molecule has 1 atom stereocenters. The van der Waals surface area contributed by atoms with E-state index < -0.39 is 0 Å². The number of hydrogen-bond acceptors (Lipinski definition) is 3. The molecule has 0 spiro atoms. The van der Waals surface area contributed by atoms with E-state index in [0.717, 1.165) is 28.8 Å². The molecule has 17 heavy (non-hydrogen) atoms. The predicted octanol–water partition coefficient (Wildman–Crippen LogP) is 2.06. The zero-order valence-electron chi connectivity index (χ0n) is 9.74. The maximum atomic E-state index is 11.4. The molecule has 4 nitrogen and oxygen atoms in total. The third kappa shape index (κ3) is 2.91. The first-order valence-electron chi connectivity index (χ1n) is 5.62. The molecule has 5 heteroatoms. The Labute approximate surface area is 109 Å². The second-order valence-corrected chi connectivity index (χ2v) is 5.30. The van der Waals surface area contributed by atoms with Crippen LogP contribution in [0.2, 0.25) is 0 Å². The summed E-state index contributed by atoms with van der Waals surface area (Å²) < 4.78 is 0.969. The molecular formula is C12H16BrN3O. The van der Waals surface area contributed by atoms with Gasteiger partial charge in [-0.3, -0.25) is 4.79 Å². The van der Waals surface area contributed by atoms with Crippen LogP contribution in [0.5, 0.6) is 0 Å². The summed E-state index contributed by atoms with van der Waals surface area (Å²) in [7, 11) is 1.83. The quantitative estimate of drug-likeness (QED) is 0.822. The van der Waals surface area contributed by atoms with Crippen LogP contribution < -0.4 is 11.1 Å². The van der Waals surface area contributed by atoms with Crippen LogP contribution in [-0.4, -0.2) is 30.4 Å². The fraction of sp³-hybridized carbons (Fsp3) is 0.417. The fourth-order valence-electron chi connectivity index (χ4n) is 2.02. The summed E-state index contributed by atoms with van der Waals surface area (Å²) in [5, 5.41) is 3.39. The molecule has 0 aromatic heterocycles. The summed E-state index contributed by atoms with van der Waals surface area (Å²) >= 11 is 3.38. The van der Waals surface area contributed by atoms with Gasteiger partial charge in [-0.15, -0.1) is 0 Å². The highest BCUT2D eigenvalue weighted by Gasteiger charge is 2.22. The number of halogens is 1. The van der Waals surface area contributed by atoms with Crippen molar-refractivity contribution in [3.63, 3.8) is 0 Å². The van der Waals surface area contributed by atoms with Gasteiger partial charge in [-0.1, -0.05) is 15.9 Å². The minimum atomic E-state index is 0.215. The van der Waals surface area contributed by atoms with E-state index in [1.807, 2.05) is 25.2 Å². The van der Waals surface area contributed by atoms with Crippen molar-refractivity contribution in [2.75, 3.05) is 24.6 Å². The summed E-state index contributed by atoms with van der Waals surface area (Å²) in [5.41, 5.74) is 7.58. The molecule has 3 N–H and O–H groups in total. The lowest BCUT2D eigenvalue weighted by Gasteiger charge is -2.31. The van der Waals surface area contributed by atoms with Gasteiger partial charge in [0.05, 0.1) is 11.4 Å². The van der Waals surface area contributed by atoms with Crippen LogP contribution in [0.1, 0.15) is 12.8 Å². The van der Waals surface area contributed by atoms with Crippen molar-refractivity contribution in [2.24, 2.45) is 0 Å². The van der Waals surface area contributed by atoms with Crippen molar-refractivity contribution >= 4 is 33.2 Å². The smallest absolute Gasteiger partial charge is 0.222 e. The van der Waals surface area contributed by atoms with Crippen molar-refractivity contribution in [1.82, 2.24) is 4.90 Å². The Hall–Kier alpha value is -1.23. The van der Waals surface area contributed by atoms with E-state index in [1.165, 1.54) is 0 Å². The van der Waals surface area contributed by atoms with Crippen LogP contribution in [0.25, 0.3) is 0 Å². The summed E-state index contributed by atoms with van der Waals surface area (Å²) in [5.74, 6) is 0.215. The number of carbonyl (C=O) groups excluding carboxylic acids is 1. The first-order chi connectivity index (χ1) is 8.06. The van der Waals surface area contributed by atoms with Crippen LogP contribution in [0, 0.1) is 0 Å². The molecule has 1 aliphatic heterocycles. The van der Waals surface area contributed by atoms with Gasteiger partial charge < -0.3 is 16.0 Å². The monoisotopic (exact) mass is 297 g/mol. The molecule has 1 aromatic carbocycles. The molecule has 1 fully saturated rings. The maximum absolute atomic E-state index is 11.4. The van der Waals surface area contributed by atoms with Crippen molar-refractivity contribution in [3.8, 4) is 0 Å². The summed E-state index contributed by atoms with van der Waals surface area (Å²) in [6.07, 6.45) is 1.46. The second-order valence-electron chi connectivity index (χ2n) is 4.39. The normalized spacial score (nSPS) is 20.5. The molecule has 0 aliphatic carbocycles. The number of likely N-dealkylation sites (tertiary alicyclic amines) is 1. The summed E-state index contributed by atoms with van der Waals surface area (Å²) in [6.45, 7) is 0.730. The lowest BCUT2D eigenvalue weighted by molar-refractivity contribution is -0.132. The second kappa shape index (κ2) is 4.96. The van der Waals surface area contributed by atoms with E-state index >= 15 is 0 Å². The number of hydrogen-bond donors (Lipinski definition) is 2. The number of nitrogens with one attached hydrogen (secondary N) is 1. The SMILES string of the molecule is CN1CC(Nc2ccc(Br)cc2N)CCC1=O. The maximum Gasteiger partial charge on any atom is 0.222 e. The van der Waals surface area contributed by atoms with Gasteiger partial charge in [0.1, 0.15) is 0 Å². The number of nitrogens with zero attached hydrogens (tertiary/aromatic N) is 1. The molecule has 0 saturated carbocycles. The van der Waals surface area contributed by atoms with Crippen molar-refractivity contribution in [3.05, 3.63) is 22.7 Å². The zero-order chi connectivity index (χ0) is 12.4. The highest BCUT2D eigenvalue weighted by Crippen LogP contribution is 2.25. The van der Waals surface area contributed by atoms with E-state index in [9.17, 15) is 4.79 Å². The van der Waals surface area contributed by atoms with Gasteiger partial charge in [-0.2, -0.15) is 0 Å². The first kappa shape index (κ1) is 12.2. The molecule has 1 aromatic rings. The Morgan fingerprint density at radius 1 is 1.53 bits per heavy atom. The van der Waals surface area contributed by atoms with Gasteiger partial charge in [0.25, 0.3) is 0 Å². The summed E-state index contributed by atoms with van der Waals surface area (Å²) in [6, 6.07) is 6.06. The summed E-state index contributed by atoms with van der Waals surface area (Å²) in [4.78, 5) is 13.1. The van der Waals surface area contributed by atoms with Gasteiger partial charge in [-0.25, -0.2) is 0 Å². The minimum absolute atomic E-state index is 0.215. The van der Waals surface area contributed by atoms with Gasteiger partial charge in [-0.05, 0) is 24.6 Å². The van der Waals surface area contributed by atoms with E-state index in [1.54, 1.807) is 4.90 Å². The lowest BCUT2D eigenvalue weighted by atomic mass is 10.1. The van der Waals surface area contributed by atoms with E-state index in [-0.39, 0.29) is 11.9 Å². The molecule has 0 radical (unpaired) electrons. The fourth-order valence-corrected chi connectivity index (χ4v) is 2.39. The topological polar surface area (TPSA) is 58.4 Å². The zero-order valence-corrected chi connectivity index (χ0v) is 11.3. The lowest BCUT2D eigenvalue weighted by Crippen LogP contribution is -2.43. The average molecular weight is 298 g/mol. The average Bonchev–Trinajstić information content (AvgIpc) is 2.27. The van der Waals surface area contributed by atoms with E-state index in [0.29, 0.717) is 6.42 Å². The largest absolute Gasteiger partial charge is 0.397 e. The number of amides is 1. The third-order valence-electron chi connectivity index (χ3n) is 3.00. The minimum Gasteiger partial charge on any atom is -0.397 e. The number of rotatable bonds is 2. The van der Waals surface area contributed by atoms with Crippen LogP contribution >= 0.6 is 15.9 Å². The predicted molar refractivity (Wildman–Crippen MR) is 72.8 cm³/mol. The van der Waals surface area contributed by atoms with E-state index in [2.05, 4.69) is 21.2 Å². The Morgan fingerprint density at radius 3 is 2.94 bits per heavy atom. The Kier molecular flexibility index (Phi) is 3.57. The number of likely N-dealkylation sites (N-methyl/N-ethyl adjacent to an activating group) is 1. The van der Waals surface area contributed by atoms with Gasteiger partial charge in [0.15, 0.2) is 0 Å². The number of anilines is 2. The highest BCUT2D eigenvalue weighted by molar-refractivity contribution is 9.10. The Morgan fingerprint density at radius 2 is 2.29 bits per heavy atom. The molecule has 1 heterocycles. The number of benzene rings is 1. The van der Waals surface area contributed by atoms with Gasteiger partial charge >= 0.3 is 0 Å². The van der Waals surface area contributed by atoms with Crippen molar-refractivity contribution in [1.29, 1.82) is 0 Å². The number of nitrogens with two attached hydrogens (primary N) is 1. The molecule has 1 amide bonds. The van der Waals surface area contributed by atoms with Crippen LogP contribution in [0.3, 0.4) is 0 Å². The molecule has 92 valence electrons. The Balaban J connectivity index is 2.03. The van der Waals surface area contributed by atoms with Crippen molar-refractivity contribution < 1.29 is 4.79 Å². The molecular weight excluding hydrogens is 282 g/mol. The number of nitrogen functional groups attached to an aromatic ring is 1. The molecule has 1 unspecified atom stereocenters. The number of piperidine rings is 1. The van der Waals surface area contributed by atoms with E-state index in [4.69, 9.17) is 5.73 Å². The first-order valence-corrected chi connectivity index (χ1v) is 6.41. The highest BCUT2D eigenvalue weighted by atomic mass is 79.9. The molecule has 0 bridgehead atoms. The standard InChI is InChI=1S/C12H16BrN3O/c1-16-7-9(3-5-12(16)17)15-11-4-2-8(13)6-10(11)14/h2,4,6,9,15H,3,5,7,14H2,1H3. The molecule has 1 aliphatic rings.